The molecule has 1 atom stereocenters. The number of nitrogens with one attached hydrogen (secondary N) is 1. The van der Waals surface area contributed by atoms with E-state index >= 15 is 0 Å². The molecule has 1 aromatic rings. The van der Waals surface area contributed by atoms with Gasteiger partial charge in [0.2, 0.25) is 10.0 Å². The quantitative estimate of drug-likeness (QED) is 0.897. The molecule has 120 valence electrons. The smallest absolute Gasteiger partial charge is 0.211 e. The lowest BCUT2D eigenvalue weighted by Crippen LogP contribution is -2.42. The maximum absolute atomic E-state index is 11.7. The zero-order valence-electron chi connectivity index (χ0n) is 13.3. The predicted octanol–water partition coefficient (Wildman–Crippen LogP) is 1.64. The van der Waals surface area contributed by atoms with Crippen LogP contribution >= 0.6 is 0 Å². The van der Waals surface area contributed by atoms with Gasteiger partial charge in [-0.15, -0.1) is 0 Å². The Morgan fingerprint density at radius 3 is 2.81 bits per heavy atom. The largest absolute Gasteiger partial charge is 0.358 e. The summed E-state index contributed by atoms with van der Waals surface area (Å²) >= 11 is 0. The van der Waals surface area contributed by atoms with Crippen molar-refractivity contribution in [1.82, 2.24) is 14.5 Å². The molecule has 0 unspecified atom stereocenters. The van der Waals surface area contributed by atoms with Gasteiger partial charge in [0.25, 0.3) is 0 Å². The van der Waals surface area contributed by atoms with E-state index in [0.29, 0.717) is 24.9 Å². The van der Waals surface area contributed by atoms with Crippen molar-refractivity contribution in [2.75, 3.05) is 37.8 Å². The number of aromatic amines is 1. The van der Waals surface area contributed by atoms with Crippen molar-refractivity contribution in [3.05, 3.63) is 11.8 Å². The van der Waals surface area contributed by atoms with Gasteiger partial charge >= 0.3 is 0 Å². The maximum atomic E-state index is 11.7. The first-order chi connectivity index (χ1) is 9.77. The maximum Gasteiger partial charge on any atom is 0.211 e. The Kier molecular flexibility index (Phi) is 4.93. The molecule has 0 radical (unpaired) electrons. The average Bonchev–Trinajstić information content (AvgIpc) is 2.88. The van der Waals surface area contributed by atoms with Crippen LogP contribution in [-0.4, -0.2) is 55.9 Å². The van der Waals surface area contributed by atoms with Crippen molar-refractivity contribution in [3.63, 3.8) is 0 Å². The highest BCUT2D eigenvalue weighted by molar-refractivity contribution is 7.88. The summed E-state index contributed by atoms with van der Waals surface area (Å²) in [6.07, 6.45) is 3.29. The number of rotatable bonds is 5. The fraction of sp³-hybridized carbons (Fsp3) is 0.786. The molecule has 0 amide bonds. The van der Waals surface area contributed by atoms with Crippen molar-refractivity contribution >= 4 is 15.8 Å². The van der Waals surface area contributed by atoms with Gasteiger partial charge in [0, 0.05) is 38.4 Å². The zero-order valence-corrected chi connectivity index (χ0v) is 14.2. The second kappa shape index (κ2) is 6.36. The molecule has 0 aliphatic carbocycles. The molecule has 2 rings (SSSR count). The molecule has 2 heterocycles. The van der Waals surface area contributed by atoms with Gasteiger partial charge in [-0.25, -0.2) is 12.7 Å². The van der Waals surface area contributed by atoms with E-state index in [2.05, 4.69) is 35.0 Å². The SMILES string of the molecule is CC(C)c1cc(N(C)C[C@H]2CCCN(S(C)(=O)=O)C2)n[nH]1. The van der Waals surface area contributed by atoms with Gasteiger partial charge in [0.15, 0.2) is 0 Å². The van der Waals surface area contributed by atoms with E-state index in [0.717, 1.165) is 30.9 Å². The fourth-order valence-corrected chi connectivity index (χ4v) is 3.72. The average molecular weight is 314 g/mol. The van der Waals surface area contributed by atoms with Gasteiger partial charge in [-0.05, 0) is 24.7 Å². The summed E-state index contributed by atoms with van der Waals surface area (Å²) in [5.41, 5.74) is 1.12. The lowest BCUT2D eigenvalue weighted by atomic mass is 9.99. The Labute approximate surface area is 127 Å². The molecule has 21 heavy (non-hydrogen) atoms. The van der Waals surface area contributed by atoms with Crippen molar-refractivity contribution in [2.45, 2.75) is 32.6 Å². The summed E-state index contributed by atoms with van der Waals surface area (Å²) in [6.45, 7) is 6.35. The van der Waals surface area contributed by atoms with E-state index in [1.165, 1.54) is 6.26 Å². The molecule has 0 spiro atoms. The van der Waals surface area contributed by atoms with E-state index in [4.69, 9.17) is 0 Å². The predicted molar refractivity (Wildman–Crippen MR) is 85.1 cm³/mol. The molecule has 7 heteroatoms. The van der Waals surface area contributed by atoms with Crippen LogP contribution in [0.15, 0.2) is 6.07 Å². The second-order valence-electron chi connectivity index (χ2n) is 6.35. The van der Waals surface area contributed by atoms with E-state index in [-0.39, 0.29) is 0 Å². The third kappa shape index (κ3) is 4.20. The molecule has 6 nitrogen and oxygen atoms in total. The van der Waals surface area contributed by atoms with Crippen molar-refractivity contribution in [3.8, 4) is 0 Å². The fourth-order valence-electron chi connectivity index (χ4n) is 2.77. The van der Waals surface area contributed by atoms with Crippen LogP contribution in [0.25, 0.3) is 0 Å². The first-order valence-electron chi connectivity index (χ1n) is 7.49. The van der Waals surface area contributed by atoms with Crippen LogP contribution in [0.3, 0.4) is 0 Å². The number of anilines is 1. The van der Waals surface area contributed by atoms with E-state index in [1.54, 1.807) is 4.31 Å². The number of hydrogen-bond acceptors (Lipinski definition) is 4. The number of sulfonamides is 1. The Balaban J connectivity index is 1.97. The van der Waals surface area contributed by atoms with E-state index < -0.39 is 10.0 Å². The molecule has 1 N–H and O–H groups in total. The summed E-state index contributed by atoms with van der Waals surface area (Å²) in [7, 11) is -1.06. The molecular formula is C14H26N4O2S. The van der Waals surface area contributed by atoms with Crippen LogP contribution in [0.4, 0.5) is 5.82 Å². The van der Waals surface area contributed by atoms with Crippen LogP contribution in [-0.2, 0) is 10.0 Å². The number of nitrogens with zero attached hydrogens (tertiary/aromatic N) is 3. The van der Waals surface area contributed by atoms with Crippen LogP contribution in [0, 0.1) is 5.92 Å². The van der Waals surface area contributed by atoms with Crippen LogP contribution in [0.5, 0.6) is 0 Å². The van der Waals surface area contributed by atoms with Gasteiger partial charge < -0.3 is 4.90 Å². The van der Waals surface area contributed by atoms with E-state index in [1.807, 2.05) is 7.05 Å². The molecule has 1 aromatic heterocycles. The highest BCUT2D eigenvalue weighted by Gasteiger charge is 2.26. The Morgan fingerprint density at radius 1 is 1.52 bits per heavy atom. The van der Waals surface area contributed by atoms with Gasteiger partial charge in [0.05, 0.1) is 6.26 Å². The van der Waals surface area contributed by atoms with Gasteiger partial charge in [-0.2, -0.15) is 5.10 Å². The first kappa shape index (κ1) is 16.3. The van der Waals surface area contributed by atoms with Gasteiger partial charge in [-0.3, -0.25) is 5.10 Å². The Hall–Kier alpha value is -1.08. The minimum absolute atomic E-state index is 0.359. The third-order valence-corrected chi connectivity index (χ3v) is 5.35. The van der Waals surface area contributed by atoms with Crippen molar-refractivity contribution < 1.29 is 8.42 Å². The van der Waals surface area contributed by atoms with Crippen LogP contribution in [0.1, 0.15) is 38.3 Å². The van der Waals surface area contributed by atoms with Gasteiger partial charge in [-0.1, -0.05) is 13.8 Å². The second-order valence-corrected chi connectivity index (χ2v) is 8.33. The number of aromatic nitrogens is 2. The summed E-state index contributed by atoms with van der Waals surface area (Å²) in [4.78, 5) is 2.11. The van der Waals surface area contributed by atoms with E-state index in [9.17, 15) is 8.42 Å². The monoisotopic (exact) mass is 314 g/mol. The number of H-pyrrole nitrogens is 1. The molecule has 0 aromatic carbocycles. The highest BCUT2D eigenvalue weighted by Crippen LogP contribution is 2.22. The number of hydrogen-bond donors (Lipinski definition) is 1. The summed E-state index contributed by atoms with van der Waals surface area (Å²) in [5.74, 6) is 1.71. The number of piperidine rings is 1. The van der Waals surface area contributed by atoms with Crippen molar-refractivity contribution in [2.24, 2.45) is 5.92 Å². The standard InChI is InChI=1S/C14H26N4O2S/c1-11(2)13-8-14(16-15-13)17(3)9-12-6-5-7-18(10-12)21(4,19)20/h8,11-12H,5-7,9-10H2,1-4H3,(H,15,16)/t12-/m1/s1. The lowest BCUT2D eigenvalue weighted by molar-refractivity contribution is 0.271. The zero-order chi connectivity index (χ0) is 15.6. The summed E-state index contributed by atoms with van der Waals surface area (Å²) in [6, 6.07) is 2.07. The minimum atomic E-state index is -3.07. The Morgan fingerprint density at radius 2 is 2.24 bits per heavy atom. The Bertz CT molecular complexity index is 567. The molecule has 1 aliphatic rings. The lowest BCUT2D eigenvalue weighted by Gasteiger charge is -2.33. The molecule has 0 bridgehead atoms. The molecule has 1 aliphatic heterocycles. The molecule has 1 saturated heterocycles. The third-order valence-electron chi connectivity index (χ3n) is 4.08. The van der Waals surface area contributed by atoms with Gasteiger partial charge in [0.1, 0.15) is 5.82 Å². The normalized spacial score (nSPS) is 20.9. The molecule has 1 fully saturated rings. The highest BCUT2D eigenvalue weighted by atomic mass is 32.2. The summed E-state index contributed by atoms with van der Waals surface area (Å²) in [5, 5.41) is 7.40. The first-order valence-corrected chi connectivity index (χ1v) is 9.33. The van der Waals surface area contributed by atoms with Crippen LogP contribution in [0.2, 0.25) is 0 Å². The molecular weight excluding hydrogens is 288 g/mol. The topological polar surface area (TPSA) is 69.3 Å². The van der Waals surface area contributed by atoms with Crippen LogP contribution < -0.4 is 4.90 Å². The molecule has 0 saturated carbocycles. The summed E-state index contributed by atoms with van der Waals surface area (Å²) < 4.78 is 24.9. The van der Waals surface area contributed by atoms with Crippen molar-refractivity contribution in [1.29, 1.82) is 0 Å². The minimum Gasteiger partial charge on any atom is -0.358 e.